The number of nitrogens with two attached hydrogens (primary N) is 1. The molecule has 21 heavy (non-hydrogen) atoms. The van der Waals surface area contributed by atoms with E-state index in [1.807, 2.05) is 20.2 Å². The number of hydrogen-bond acceptors (Lipinski definition) is 3. The quantitative estimate of drug-likeness (QED) is 0.945. The molecule has 0 fully saturated rings. The molecule has 3 nitrogen and oxygen atoms in total. The lowest BCUT2D eigenvalue weighted by Gasteiger charge is -2.13. The van der Waals surface area contributed by atoms with Gasteiger partial charge in [0.2, 0.25) is 0 Å². The van der Waals surface area contributed by atoms with Crippen molar-refractivity contribution < 1.29 is 4.74 Å². The number of anilines is 1. The maximum atomic E-state index is 6.35. The third-order valence-electron chi connectivity index (χ3n) is 3.83. The van der Waals surface area contributed by atoms with E-state index in [9.17, 15) is 0 Å². The number of halogens is 1. The van der Waals surface area contributed by atoms with E-state index >= 15 is 0 Å². The Labute approximate surface area is 130 Å². The standard InChI is InChI=1S/C17H19ClN2O/c1-20(2)14-5-3-11(4-6-14)12-7-13-8-15(10-19)21-17(13)16(18)9-12/h3-7,9,15H,8,10,19H2,1-2H3. The minimum atomic E-state index is 0.0452. The summed E-state index contributed by atoms with van der Waals surface area (Å²) >= 11 is 6.35. The van der Waals surface area contributed by atoms with E-state index in [1.54, 1.807) is 0 Å². The Kier molecular flexibility index (Phi) is 3.79. The van der Waals surface area contributed by atoms with Gasteiger partial charge in [0.05, 0.1) is 5.02 Å². The Bertz CT molecular complexity index is 653. The van der Waals surface area contributed by atoms with Crippen molar-refractivity contribution in [3.05, 3.63) is 47.0 Å². The van der Waals surface area contributed by atoms with E-state index in [1.165, 1.54) is 5.69 Å². The summed E-state index contributed by atoms with van der Waals surface area (Å²) in [6.07, 6.45) is 0.874. The molecule has 110 valence electrons. The Hall–Kier alpha value is -1.71. The molecule has 3 rings (SSSR count). The zero-order valence-electron chi connectivity index (χ0n) is 12.3. The van der Waals surface area contributed by atoms with Gasteiger partial charge < -0.3 is 15.4 Å². The predicted octanol–water partition coefficient (Wildman–Crippen LogP) is 3.34. The van der Waals surface area contributed by atoms with Gasteiger partial charge in [-0.05, 0) is 35.4 Å². The van der Waals surface area contributed by atoms with E-state index < -0.39 is 0 Å². The molecule has 0 aliphatic carbocycles. The molecular weight excluding hydrogens is 284 g/mol. The monoisotopic (exact) mass is 302 g/mol. The molecule has 1 aliphatic rings. The fourth-order valence-corrected chi connectivity index (χ4v) is 2.92. The molecule has 0 radical (unpaired) electrons. The molecule has 1 heterocycles. The number of ether oxygens (including phenoxy) is 1. The fourth-order valence-electron chi connectivity index (χ4n) is 2.64. The molecule has 4 heteroatoms. The minimum absolute atomic E-state index is 0.0452. The zero-order valence-corrected chi connectivity index (χ0v) is 13.0. The number of rotatable bonds is 3. The maximum absolute atomic E-state index is 6.35. The first-order valence-electron chi connectivity index (χ1n) is 7.05. The van der Waals surface area contributed by atoms with Crippen molar-refractivity contribution >= 4 is 17.3 Å². The summed E-state index contributed by atoms with van der Waals surface area (Å²) in [4.78, 5) is 2.08. The summed E-state index contributed by atoms with van der Waals surface area (Å²) in [5.74, 6) is 0.792. The normalized spacial score (nSPS) is 16.5. The largest absolute Gasteiger partial charge is 0.487 e. The Morgan fingerprint density at radius 3 is 2.52 bits per heavy atom. The van der Waals surface area contributed by atoms with Crippen LogP contribution in [0.4, 0.5) is 5.69 Å². The van der Waals surface area contributed by atoms with Crippen LogP contribution in [0.15, 0.2) is 36.4 Å². The smallest absolute Gasteiger partial charge is 0.141 e. The van der Waals surface area contributed by atoms with Crippen LogP contribution in [-0.2, 0) is 6.42 Å². The van der Waals surface area contributed by atoms with Gasteiger partial charge in [-0.3, -0.25) is 0 Å². The molecular formula is C17H19ClN2O. The van der Waals surface area contributed by atoms with E-state index in [2.05, 4.69) is 35.2 Å². The zero-order chi connectivity index (χ0) is 15.0. The van der Waals surface area contributed by atoms with Crippen molar-refractivity contribution in [2.24, 2.45) is 5.73 Å². The van der Waals surface area contributed by atoms with Crippen molar-refractivity contribution in [1.82, 2.24) is 0 Å². The van der Waals surface area contributed by atoms with Crippen molar-refractivity contribution in [1.29, 1.82) is 0 Å². The van der Waals surface area contributed by atoms with Crippen LogP contribution in [0.2, 0.25) is 5.02 Å². The highest BCUT2D eigenvalue weighted by atomic mass is 35.5. The first-order valence-corrected chi connectivity index (χ1v) is 7.43. The number of hydrogen-bond donors (Lipinski definition) is 1. The Balaban J connectivity index is 1.95. The molecule has 0 saturated carbocycles. The van der Waals surface area contributed by atoms with E-state index in [0.717, 1.165) is 28.9 Å². The second kappa shape index (κ2) is 5.58. The number of benzene rings is 2. The fraction of sp³-hybridized carbons (Fsp3) is 0.294. The molecule has 0 bridgehead atoms. The van der Waals surface area contributed by atoms with Crippen LogP contribution >= 0.6 is 11.6 Å². The second-order valence-electron chi connectivity index (χ2n) is 5.57. The lowest BCUT2D eigenvalue weighted by atomic mass is 10.0. The van der Waals surface area contributed by atoms with Crippen molar-refractivity contribution in [3.63, 3.8) is 0 Å². The van der Waals surface area contributed by atoms with Gasteiger partial charge in [0.25, 0.3) is 0 Å². The van der Waals surface area contributed by atoms with Gasteiger partial charge in [-0.25, -0.2) is 0 Å². The van der Waals surface area contributed by atoms with Crippen LogP contribution in [0, 0.1) is 0 Å². The molecule has 0 aromatic heterocycles. The van der Waals surface area contributed by atoms with E-state index in [4.69, 9.17) is 22.1 Å². The molecule has 2 aromatic carbocycles. The lowest BCUT2D eigenvalue weighted by Crippen LogP contribution is -2.24. The van der Waals surface area contributed by atoms with Crippen LogP contribution in [-0.4, -0.2) is 26.7 Å². The molecule has 0 saturated heterocycles. The first-order chi connectivity index (χ1) is 10.1. The summed E-state index contributed by atoms with van der Waals surface area (Å²) in [6.45, 7) is 0.512. The van der Waals surface area contributed by atoms with Crippen LogP contribution < -0.4 is 15.4 Å². The van der Waals surface area contributed by atoms with Gasteiger partial charge in [-0.1, -0.05) is 23.7 Å². The topological polar surface area (TPSA) is 38.5 Å². The van der Waals surface area contributed by atoms with Crippen LogP contribution in [0.25, 0.3) is 11.1 Å². The van der Waals surface area contributed by atoms with Crippen molar-refractivity contribution in [2.45, 2.75) is 12.5 Å². The van der Waals surface area contributed by atoms with Crippen LogP contribution in [0.1, 0.15) is 5.56 Å². The predicted molar refractivity (Wildman–Crippen MR) is 88.4 cm³/mol. The van der Waals surface area contributed by atoms with E-state index in [0.29, 0.717) is 11.6 Å². The van der Waals surface area contributed by atoms with E-state index in [-0.39, 0.29) is 6.10 Å². The van der Waals surface area contributed by atoms with Gasteiger partial charge in [0.1, 0.15) is 11.9 Å². The first kappa shape index (κ1) is 14.2. The van der Waals surface area contributed by atoms with Crippen molar-refractivity contribution in [3.8, 4) is 16.9 Å². The minimum Gasteiger partial charge on any atom is -0.487 e. The summed E-state index contributed by atoms with van der Waals surface area (Å²) in [5, 5.41) is 0.662. The highest BCUT2D eigenvalue weighted by Crippen LogP contribution is 2.39. The average molecular weight is 303 g/mol. The lowest BCUT2D eigenvalue weighted by molar-refractivity contribution is 0.241. The van der Waals surface area contributed by atoms with Gasteiger partial charge in [-0.2, -0.15) is 0 Å². The SMILES string of the molecule is CN(C)c1ccc(-c2cc(Cl)c3c(c2)CC(CN)O3)cc1. The third-order valence-corrected chi connectivity index (χ3v) is 4.11. The average Bonchev–Trinajstić information content (AvgIpc) is 2.91. The Morgan fingerprint density at radius 1 is 1.19 bits per heavy atom. The van der Waals surface area contributed by atoms with Crippen molar-refractivity contribution in [2.75, 3.05) is 25.5 Å². The molecule has 0 amide bonds. The molecule has 1 aliphatic heterocycles. The highest BCUT2D eigenvalue weighted by Gasteiger charge is 2.24. The van der Waals surface area contributed by atoms with Gasteiger partial charge >= 0.3 is 0 Å². The Morgan fingerprint density at radius 2 is 1.90 bits per heavy atom. The molecule has 1 atom stereocenters. The molecule has 2 N–H and O–H groups in total. The second-order valence-corrected chi connectivity index (χ2v) is 5.97. The summed E-state index contributed by atoms with van der Waals surface area (Å²) < 4.78 is 5.76. The van der Waals surface area contributed by atoms with Gasteiger partial charge in [0.15, 0.2) is 0 Å². The number of nitrogens with zero attached hydrogens (tertiary/aromatic N) is 1. The highest BCUT2D eigenvalue weighted by molar-refractivity contribution is 6.32. The van der Waals surface area contributed by atoms with Gasteiger partial charge in [-0.15, -0.1) is 0 Å². The third kappa shape index (κ3) is 2.71. The number of fused-ring (bicyclic) bond motifs is 1. The maximum Gasteiger partial charge on any atom is 0.141 e. The summed E-state index contributed by atoms with van der Waals surface area (Å²) in [5.41, 5.74) is 10.3. The molecule has 2 aromatic rings. The van der Waals surface area contributed by atoms with Gasteiger partial charge in [0, 0.05) is 38.3 Å². The molecule has 1 unspecified atom stereocenters. The van der Waals surface area contributed by atoms with Crippen LogP contribution in [0.3, 0.4) is 0 Å². The summed E-state index contributed by atoms with van der Waals surface area (Å²) in [7, 11) is 4.07. The summed E-state index contributed by atoms with van der Waals surface area (Å²) in [6, 6.07) is 12.6. The molecule has 0 spiro atoms. The van der Waals surface area contributed by atoms with Crippen LogP contribution in [0.5, 0.6) is 5.75 Å².